The minimum absolute atomic E-state index is 0.134. The predicted octanol–water partition coefficient (Wildman–Crippen LogP) is 3.54. The van der Waals surface area contributed by atoms with Crippen LogP contribution in [0.1, 0.15) is 60.3 Å². The quantitative estimate of drug-likeness (QED) is 0.812. The van der Waals surface area contributed by atoms with Crippen molar-refractivity contribution in [2.45, 2.75) is 60.3 Å². The number of rotatable bonds is 5. The van der Waals surface area contributed by atoms with Crippen molar-refractivity contribution < 1.29 is 5.11 Å². The second kappa shape index (κ2) is 6.38. The molecule has 0 aliphatic carbocycles. The number of aliphatic hydroxyl groups excluding tert-OH is 1. The lowest BCUT2D eigenvalue weighted by atomic mass is 9.74. The minimum atomic E-state index is 0.134. The third-order valence-electron chi connectivity index (χ3n) is 5.21. The molecule has 0 atom stereocenters. The second-order valence-corrected chi connectivity index (χ2v) is 7.28. The molecule has 0 aromatic carbocycles. The number of hydrogen-bond acceptors (Lipinski definition) is 2. The van der Waals surface area contributed by atoms with Crippen LogP contribution in [-0.4, -0.2) is 36.2 Å². The molecule has 1 fully saturated rings. The lowest BCUT2D eigenvalue weighted by Gasteiger charge is -2.42. The van der Waals surface area contributed by atoms with E-state index < -0.39 is 0 Å². The van der Waals surface area contributed by atoms with Gasteiger partial charge in [0, 0.05) is 18.6 Å². The van der Waals surface area contributed by atoms with Crippen molar-refractivity contribution in [2.75, 3.05) is 26.2 Å². The van der Waals surface area contributed by atoms with E-state index >= 15 is 0 Å². The summed E-state index contributed by atoms with van der Waals surface area (Å²) in [6.07, 6.45) is 4.80. The third kappa shape index (κ3) is 3.96. The van der Waals surface area contributed by atoms with Gasteiger partial charge in [0.15, 0.2) is 0 Å². The molecule has 0 aromatic heterocycles. The van der Waals surface area contributed by atoms with Crippen molar-refractivity contribution >= 4 is 0 Å². The fraction of sp³-hybridized carbons (Fsp3) is 1.00. The van der Waals surface area contributed by atoms with E-state index in [1.54, 1.807) is 0 Å². The first-order chi connectivity index (χ1) is 8.37. The third-order valence-corrected chi connectivity index (χ3v) is 5.21. The molecule has 18 heavy (non-hydrogen) atoms. The van der Waals surface area contributed by atoms with Crippen LogP contribution >= 0.6 is 0 Å². The van der Waals surface area contributed by atoms with Crippen molar-refractivity contribution in [1.82, 2.24) is 4.90 Å². The summed E-state index contributed by atoms with van der Waals surface area (Å²) in [5.74, 6) is 0.862. The first-order valence-electron chi connectivity index (χ1n) is 7.70. The van der Waals surface area contributed by atoms with Gasteiger partial charge in [0.05, 0.1) is 0 Å². The molecule has 1 saturated heterocycles. The van der Waals surface area contributed by atoms with Crippen molar-refractivity contribution in [1.29, 1.82) is 0 Å². The summed E-state index contributed by atoms with van der Waals surface area (Å²) in [5.41, 5.74) is 0.588. The van der Waals surface area contributed by atoms with E-state index in [1.807, 2.05) is 0 Å². The molecule has 1 N–H and O–H groups in total. The highest BCUT2D eigenvalue weighted by molar-refractivity contribution is 4.85. The Hall–Kier alpha value is -0.0800. The van der Waals surface area contributed by atoms with Gasteiger partial charge in [0.2, 0.25) is 0 Å². The molecule has 0 bridgehead atoms. The van der Waals surface area contributed by atoms with Gasteiger partial charge in [0.25, 0.3) is 0 Å². The van der Waals surface area contributed by atoms with Crippen LogP contribution in [0, 0.1) is 16.7 Å². The zero-order chi connectivity index (χ0) is 13.8. The summed E-state index contributed by atoms with van der Waals surface area (Å²) in [6.45, 7) is 15.3. The van der Waals surface area contributed by atoms with Crippen molar-refractivity contribution in [3.8, 4) is 0 Å². The summed E-state index contributed by atoms with van der Waals surface area (Å²) in [4.78, 5) is 2.57. The van der Waals surface area contributed by atoms with E-state index in [9.17, 15) is 5.11 Å². The van der Waals surface area contributed by atoms with E-state index in [2.05, 4.69) is 39.5 Å². The van der Waals surface area contributed by atoms with Gasteiger partial charge in [-0.15, -0.1) is 0 Å². The van der Waals surface area contributed by atoms with Crippen LogP contribution in [-0.2, 0) is 0 Å². The Morgan fingerprint density at radius 3 is 1.89 bits per heavy atom. The van der Waals surface area contributed by atoms with Gasteiger partial charge in [-0.05, 0) is 50.1 Å². The molecule has 0 unspecified atom stereocenters. The highest BCUT2D eigenvalue weighted by Gasteiger charge is 2.33. The average Bonchev–Trinajstić information content (AvgIpc) is 2.36. The summed E-state index contributed by atoms with van der Waals surface area (Å²) in [7, 11) is 0. The molecule has 108 valence electrons. The number of hydrogen-bond donors (Lipinski definition) is 1. The van der Waals surface area contributed by atoms with Crippen LogP contribution in [0.5, 0.6) is 0 Å². The fourth-order valence-electron chi connectivity index (χ4n) is 3.18. The number of nitrogens with zero attached hydrogens (tertiary/aromatic N) is 1. The highest BCUT2D eigenvalue weighted by atomic mass is 16.3. The second-order valence-electron chi connectivity index (χ2n) is 7.28. The first-order valence-corrected chi connectivity index (χ1v) is 7.70. The average molecular weight is 255 g/mol. The summed E-state index contributed by atoms with van der Waals surface area (Å²) < 4.78 is 0. The maximum atomic E-state index is 9.66. The van der Waals surface area contributed by atoms with Gasteiger partial charge in [-0.25, -0.2) is 0 Å². The Labute approximate surface area is 114 Å². The molecule has 0 aromatic rings. The normalized spacial score (nSPS) is 20.3. The summed E-state index contributed by atoms with van der Waals surface area (Å²) >= 11 is 0. The topological polar surface area (TPSA) is 23.5 Å². The van der Waals surface area contributed by atoms with Gasteiger partial charge >= 0.3 is 0 Å². The molecule has 2 nitrogen and oxygen atoms in total. The van der Waals surface area contributed by atoms with Crippen LogP contribution in [0.2, 0.25) is 0 Å². The molecule has 0 radical (unpaired) electrons. The Bertz CT molecular complexity index is 224. The van der Waals surface area contributed by atoms with E-state index in [-0.39, 0.29) is 5.41 Å². The van der Waals surface area contributed by atoms with Crippen molar-refractivity contribution in [3.63, 3.8) is 0 Å². The fourth-order valence-corrected chi connectivity index (χ4v) is 3.18. The van der Waals surface area contributed by atoms with Crippen molar-refractivity contribution in [2.24, 2.45) is 16.7 Å². The number of likely N-dealkylation sites (tertiary alicyclic amines) is 1. The lowest BCUT2D eigenvalue weighted by molar-refractivity contribution is 0.0365. The Kier molecular flexibility index (Phi) is 5.67. The van der Waals surface area contributed by atoms with Crippen LogP contribution in [0.3, 0.4) is 0 Å². The predicted molar refractivity (Wildman–Crippen MR) is 78.7 cm³/mol. The van der Waals surface area contributed by atoms with E-state index in [0.29, 0.717) is 12.0 Å². The lowest BCUT2D eigenvalue weighted by Crippen LogP contribution is -2.45. The number of aliphatic hydroxyl groups is 1. The molecule has 1 aliphatic rings. The smallest absolute Gasteiger partial charge is 0.0499 e. The maximum Gasteiger partial charge on any atom is 0.0499 e. The van der Waals surface area contributed by atoms with Crippen molar-refractivity contribution in [3.05, 3.63) is 0 Å². The molecule has 0 spiro atoms. The molecule has 2 heteroatoms. The highest BCUT2D eigenvalue weighted by Crippen LogP contribution is 2.36. The van der Waals surface area contributed by atoms with Gasteiger partial charge in [-0.2, -0.15) is 0 Å². The molecule has 0 saturated carbocycles. The van der Waals surface area contributed by atoms with Gasteiger partial charge in [0.1, 0.15) is 0 Å². The van der Waals surface area contributed by atoms with E-state index in [4.69, 9.17) is 0 Å². The van der Waals surface area contributed by atoms with Gasteiger partial charge < -0.3 is 10.0 Å². The standard InChI is InChI=1S/C16H33NO/c1-6-16(7-2,13-18)12-17-10-8-14(9-11-17)15(3,4)5/h14,18H,6-13H2,1-5H3. The molecule has 0 amide bonds. The SMILES string of the molecule is CCC(CC)(CO)CN1CCC(C(C)(C)C)CC1. The number of piperidine rings is 1. The first kappa shape index (κ1) is 16.0. The summed E-state index contributed by atoms with van der Waals surface area (Å²) in [6, 6.07) is 0. The van der Waals surface area contributed by atoms with Gasteiger partial charge in [-0.1, -0.05) is 34.6 Å². The van der Waals surface area contributed by atoms with Crippen LogP contribution < -0.4 is 0 Å². The monoisotopic (exact) mass is 255 g/mol. The Morgan fingerprint density at radius 2 is 1.56 bits per heavy atom. The Morgan fingerprint density at radius 1 is 1.06 bits per heavy atom. The molecule has 1 heterocycles. The van der Waals surface area contributed by atoms with Crippen LogP contribution in [0.15, 0.2) is 0 Å². The molecule has 1 rings (SSSR count). The molecule has 1 aliphatic heterocycles. The van der Waals surface area contributed by atoms with E-state index in [0.717, 1.165) is 25.3 Å². The zero-order valence-corrected chi connectivity index (χ0v) is 13.1. The molecular formula is C16H33NO. The summed E-state index contributed by atoms with van der Waals surface area (Å²) in [5, 5.41) is 9.66. The zero-order valence-electron chi connectivity index (χ0n) is 13.1. The Balaban J connectivity index is 2.48. The largest absolute Gasteiger partial charge is 0.396 e. The molecular weight excluding hydrogens is 222 g/mol. The van der Waals surface area contributed by atoms with Gasteiger partial charge in [-0.3, -0.25) is 0 Å². The maximum absolute atomic E-state index is 9.66. The van der Waals surface area contributed by atoms with Crippen LogP contribution in [0.25, 0.3) is 0 Å². The van der Waals surface area contributed by atoms with Crippen LogP contribution in [0.4, 0.5) is 0 Å². The van der Waals surface area contributed by atoms with E-state index in [1.165, 1.54) is 25.9 Å². The minimum Gasteiger partial charge on any atom is -0.396 e.